The van der Waals surface area contributed by atoms with E-state index in [-0.39, 0.29) is 43.0 Å². The molecule has 8 rings (SSSR count). The number of carbonyl (C=O) groups excluding carboxylic acids is 6. The first kappa shape index (κ1) is 57.0. The Labute approximate surface area is 451 Å². The van der Waals surface area contributed by atoms with Crippen molar-refractivity contribution in [3.63, 3.8) is 0 Å². The summed E-state index contributed by atoms with van der Waals surface area (Å²) in [5, 5.41) is 26.1. The molecule has 3 aromatic rings. The quantitative estimate of drug-likeness (QED) is 0.0566. The number of rotatable bonds is 18. The molecule has 5 aliphatic rings. The van der Waals surface area contributed by atoms with E-state index in [2.05, 4.69) is 19.7 Å². The molecule has 2 N–H and O–H groups in total. The van der Waals surface area contributed by atoms with Crippen molar-refractivity contribution < 1.29 is 91.1 Å². The van der Waals surface area contributed by atoms with Gasteiger partial charge in [-0.2, -0.15) is 0 Å². The van der Waals surface area contributed by atoms with Crippen LogP contribution in [0.5, 0.6) is 5.75 Å². The number of benzene rings is 3. The number of aliphatic hydroxyl groups excluding tert-OH is 1. The van der Waals surface area contributed by atoms with E-state index in [0.29, 0.717) is 16.9 Å². The van der Waals surface area contributed by atoms with Crippen LogP contribution in [0.3, 0.4) is 0 Å². The lowest BCUT2D eigenvalue weighted by Gasteiger charge is -2.67. The van der Waals surface area contributed by atoms with E-state index < -0.39 is 132 Å². The largest absolute Gasteiger partial charge is 0.509 e. The number of ether oxygens (including phenoxy) is 11. The highest BCUT2D eigenvalue weighted by Gasteiger charge is 2.79. The van der Waals surface area contributed by atoms with Crippen molar-refractivity contribution >= 4 is 36.0 Å². The number of Topliss-reactive ketones (excluding diaryl/α,β-unsaturated/α-hetero) is 1. The summed E-state index contributed by atoms with van der Waals surface area (Å²) in [5.41, 5.74) is -7.50. The van der Waals surface area contributed by atoms with Crippen LogP contribution >= 0.6 is 0 Å². The van der Waals surface area contributed by atoms with Gasteiger partial charge in [0.1, 0.15) is 55.2 Å². The molecule has 2 saturated carbocycles. The SMILES string of the molecule is C=CCOC(=O)O[C@H]1C(=O)[C@]2(C)[C@@H](OC(=O)OCC=C)C[C@H]3OC[C@@]3(OC(C)=O)[C@H]2[C@H](OC(=O)c2ccccc2)[C@]2(O)C[C@H](OC(=O)C3OC(c4ccc(OC)cc4)N(C(O)OCC=C)[C@H]3c3ccccc3)C(C)=C1C2(C)C. The van der Waals surface area contributed by atoms with Crippen LogP contribution in [0.25, 0.3) is 0 Å². The Morgan fingerprint density at radius 3 is 2.01 bits per heavy atom. The number of carbonyl (C=O) groups is 6. The number of fused-ring (bicyclic) bond motifs is 5. The monoisotopic (exact) mass is 1080 g/mol. The number of hydrogen-bond acceptors (Lipinski definition) is 20. The topological polar surface area (TPSA) is 248 Å². The van der Waals surface area contributed by atoms with Crippen LogP contribution in [0.1, 0.15) is 81.2 Å². The van der Waals surface area contributed by atoms with Crippen molar-refractivity contribution in [3.05, 3.63) is 151 Å². The van der Waals surface area contributed by atoms with Crippen LogP contribution in [-0.2, 0) is 61.8 Å². The standard InChI is InChI=1S/C58H65NO19/c1-10-27-69-52(64)59-43(35-19-15-13-16-20-35)45(75-49(59)36-23-25-38(68-9)26-24-36)51(63)73-39-31-58(67)48(77-50(62)37-21-17-14-18-22-37)46-56(8,47(61)44(76-54(66)71-29-12-3)42(33(39)4)55(58,6)7)40(74-53(65)70-28-11-2)30-41-57(46,32-72-41)78-34(5)60/h10-26,39-41,43-46,48-49,52,64,67H,1-3,27-32H2,4-9H3/t39-,40-,41+,43-,44+,45?,46-,48-,49?,52?,56+,57-,58+/m0/s1. The molecule has 4 fully saturated rings. The Morgan fingerprint density at radius 1 is 0.821 bits per heavy atom. The van der Waals surface area contributed by atoms with E-state index in [0.717, 1.165) is 6.92 Å². The third-order valence-electron chi connectivity index (χ3n) is 15.8. The number of methoxy groups -OCH3 is 1. The molecule has 2 bridgehead atoms. The van der Waals surface area contributed by atoms with Crippen LogP contribution in [0.4, 0.5) is 9.59 Å². The van der Waals surface area contributed by atoms with E-state index >= 15 is 9.59 Å². The van der Waals surface area contributed by atoms with Crippen molar-refractivity contribution in [3.8, 4) is 5.75 Å². The minimum absolute atomic E-state index is 0.0195. The molecule has 20 heteroatoms. The lowest BCUT2D eigenvalue weighted by Crippen LogP contribution is -2.82. The number of nitrogens with zero attached hydrogens (tertiary/aromatic N) is 1. The second-order valence-electron chi connectivity index (χ2n) is 20.4. The van der Waals surface area contributed by atoms with Gasteiger partial charge in [-0.3, -0.25) is 9.59 Å². The molecule has 0 spiro atoms. The fraction of sp³-hybridized carbons (Fsp3) is 0.448. The normalized spacial score (nSPS) is 31.2. The fourth-order valence-electron chi connectivity index (χ4n) is 12.0. The van der Waals surface area contributed by atoms with Gasteiger partial charge in [0.25, 0.3) is 0 Å². The highest BCUT2D eigenvalue weighted by Crippen LogP contribution is 2.65. The Kier molecular flexibility index (Phi) is 16.8. The van der Waals surface area contributed by atoms with E-state index in [9.17, 15) is 29.4 Å². The van der Waals surface area contributed by atoms with E-state index in [1.54, 1.807) is 86.6 Å². The molecular weight excluding hydrogens is 1010 g/mol. The summed E-state index contributed by atoms with van der Waals surface area (Å²) < 4.78 is 66.0. The second-order valence-corrected chi connectivity index (χ2v) is 20.4. The van der Waals surface area contributed by atoms with Crippen LogP contribution in [0.2, 0.25) is 0 Å². The maximum Gasteiger partial charge on any atom is 0.509 e. The van der Waals surface area contributed by atoms with Gasteiger partial charge in [-0.15, -0.1) is 6.58 Å². The van der Waals surface area contributed by atoms with Crippen LogP contribution in [-0.4, -0.2) is 139 Å². The van der Waals surface area contributed by atoms with Crippen molar-refractivity contribution in [1.29, 1.82) is 0 Å². The van der Waals surface area contributed by atoms with E-state index in [4.69, 9.17) is 52.1 Å². The maximum absolute atomic E-state index is 16.4. The Bertz CT molecular complexity index is 2800. The van der Waals surface area contributed by atoms with Gasteiger partial charge in [0.15, 0.2) is 23.6 Å². The highest BCUT2D eigenvalue weighted by atomic mass is 16.7. The minimum Gasteiger partial charge on any atom is -0.497 e. The third-order valence-corrected chi connectivity index (χ3v) is 15.8. The van der Waals surface area contributed by atoms with Crippen molar-refractivity contribution in [2.75, 3.05) is 33.5 Å². The molecule has 2 aliphatic heterocycles. The molecule has 3 aliphatic carbocycles. The third kappa shape index (κ3) is 10.2. The highest BCUT2D eigenvalue weighted by molar-refractivity contribution is 5.95. The first-order valence-corrected chi connectivity index (χ1v) is 25.4. The number of esters is 3. The maximum atomic E-state index is 16.4. The van der Waals surface area contributed by atoms with Crippen LogP contribution < -0.4 is 4.74 Å². The molecule has 0 radical (unpaired) electrons. The summed E-state index contributed by atoms with van der Waals surface area (Å²) in [7, 11) is 1.50. The molecule has 3 unspecified atom stereocenters. The van der Waals surface area contributed by atoms with Gasteiger partial charge in [0.05, 0.1) is 43.3 Å². The smallest absolute Gasteiger partial charge is 0.497 e. The number of aliphatic hydroxyl groups is 2. The van der Waals surface area contributed by atoms with Gasteiger partial charge in [-0.05, 0) is 60.4 Å². The molecule has 2 saturated heterocycles. The number of ketones is 1. The average molecular weight is 1080 g/mol. The second kappa shape index (κ2) is 23.0. The van der Waals surface area contributed by atoms with Crippen LogP contribution in [0, 0.1) is 16.7 Å². The first-order chi connectivity index (χ1) is 37.2. The lowest BCUT2D eigenvalue weighted by atomic mass is 9.44. The zero-order chi connectivity index (χ0) is 56.3. The summed E-state index contributed by atoms with van der Waals surface area (Å²) in [6.45, 7) is 16.9. The predicted octanol–water partition coefficient (Wildman–Crippen LogP) is 6.95. The van der Waals surface area contributed by atoms with Crippen molar-refractivity contribution in [2.24, 2.45) is 16.7 Å². The Balaban J connectivity index is 1.34. The van der Waals surface area contributed by atoms with Gasteiger partial charge >= 0.3 is 30.2 Å². The molecule has 3 aromatic carbocycles. The Morgan fingerprint density at radius 2 is 1.44 bits per heavy atom. The first-order valence-electron chi connectivity index (χ1n) is 25.4. The van der Waals surface area contributed by atoms with E-state index in [1.165, 1.54) is 56.2 Å². The van der Waals surface area contributed by atoms with Gasteiger partial charge in [-0.1, -0.05) is 106 Å². The van der Waals surface area contributed by atoms with Crippen molar-refractivity contribution in [2.45, 2.75) is 114 Å². The molecule has 0 amide bonds. The summed E-state index contributed by atoms with van der Waals surface area (Å²) in [4.78, 5) is 89.0. The molecule has 78 heavy (non-hydrogen) atoms. The number of hydrogen-bond donors (Lipinski definition) is 2. The van der Waals surface area contributed by atoms with Gasteiger partial charge in [0.2, 0.25) is 6.41 Å². The summed E-state index contributed by atoms with van der Waals surface area (Å²) in [6.07, 6.45) is -12.3. The Hall–Kier alpha value is -7.20. The molecule has 416 valence electrons. The predicted molar refractivity (Wildman–Crippen MR) is 274 cm³/mol. The van der Waals surface area contributed by atoms with E-state index in [1.807, 2.05) is 0 Å². The van der Waals surface area contributed by atoms with Crippen LogP contribution in [0.15, 0.2) is 134 Å². The minimum atomic E-state index is -2.53. The average Bonchev–Trinajstić information content (AvgIpc) is 3.85. The zero-order valence-corrected chi connectivity index (χ0v) is 44.2. The van der Waals surface area contributed by atoms with Crippen molar-refractivity contribution in [1.82, 2.24) is 4.90 Å². The van der Waals surface area contributed by atoms with Gasteiger partial charge in [-0.25, -0.2) is 24.1 Å². The van der Waals surface area contributed by atoms with Gasteiger partial charge < -0.3 is 62.3 Å². The summed E-state index contributed by atoms with van der Waals surface area (Å²) in [5.74, 6) is -5.03. The molecule has 20 nitrogen and oxygen atoms in total. The molecular formula is C58H65NO19. The molecule has 0 aromatic heterocycles. The summed E-state index contributed by atoms with van der Waals surface area (Å²) in [6, 6.07) is 22.1. The molecule has 13 atom stereocenters. The molecule has 2 heterocycles. The lowest BCUT2D eigenvalue weighted by molar-refractivity contribution is -0.346. The summed E-state index contributed by atoms with van der Waals surface area (Å²) >= 11 is 0. The zero-order valence-electron chi connectivity index (χ0n) is 44.2. The fourth-order valence-corrected chi connectivity index (χ4v) is 12.0. The van der Waals surface area contributed by atoms with Gasteiger partial charge in [0, 0.05) is 25.2 Å².